The van der Waals surface area contributed by atoms with E-state index in [9.17, 15) is 0 Å². The Balaban J connectivity index is 1.92. The first kappa shape index (κ1) is 12.7. The predicted molar refractivity (Wildman–Crippen MR) is 82.8 cm³/mol. The quantitative estimate of drug-likeness (QED) is 0.789. The smallest absolute Gasteiger partial charge is 0.0638 e. The van der Waals surface area contributed by atoms with Crippen molar-refractivity contribution in [3.8, 4) is 0 Å². The standard InChI is InChI=1S/C14H13ClIN/c15-13-7-6-12(16)10-14(13)17-9-8-11-4-2-1-3-5-11/h1-7,10,17H,8-9H2. The van der Waals surface area contributed by atoms with Gasteiger partial charge in [-0.25, -0.2) is 0 Å². The molecule has 0 atom stereocenters. The summed E-state index contributed by atoms with van der Waals surface area (Å²) in [6.07, 6.45) is 1.00. The minimum absolute atomic E-state index is 0.776. The number of nitrogens with one attached hydrogen (secondary N) is 1. The highest BCUT2D eigenvalue weighted by atomic mass is 127. The maximum atomic E-state index is 6.11. The molecule has 0 aromatic heterocycles. The second kappa shape index (κ2) is 6.26. The average Bonchev–Trinajstić information content (AvgIpc) is 2.35. The van der Waals surface area contributed by atoms with E-state index in [2.05, 4.69) is 58.2 Å². The average molecular weight is 358 g/mol. The van der Waals surface area contributed by atoms with Gasteiger partial charge in [-0.1, -0.05) is 41.9 Å². The second-order valence-electron chi connectivity index (χ2n) is 3.79. The zero-order chi connectivity index (χ0) is 12.1. The highest BCUT2D eigenvalue weighted by Crippen LogP contribution is 2.23. The van der Waals surface area contributed by atoms with Crippen LogP contribution in [0.3, 0.4) is 0 Å². The number of benzene rings is 2. The normalized spacial score (nSPS) is 10.2. The van der Waals surface area contributed by atoms with Crippen LogP contribution in [0.25, 0.3) is 0 Å². The molecule has 0 saturated heterocycles. The molecule has 0 bridgehead atoms. The second-order valence-corrected chi connectivity index (χ2v) is 5.44. The van der Waals surface area contributed by atoms with Crippen LogP contribution in [-0.4, -0.2) is 6.54 Å². The topological polar surface area (TPSA) is 12.0 Å². The highest BCUT2D eigenvalue weighted by molar-refractivity contribution is 14.1. The van der Waals surface area contributed by atoms with Crippen molar-refractivity contribution in [1.82, 2.24) is 0 Å². The molecule has 0 saturated carbocycles. The van der Waals surface area contributed by atoms with E-state index in [1.807, 2.05) is 18.2 Å². The van der Waals surface area contributed by atoms with Gasteiger partial charge in [-0.3, -0.25) is 0 Å². The number of anilines is 1. The van der Waals surface area contributed by atoms with Crippen molar-refractivity contribution >= 4 is 39.9 Å². The van der Waals surface area contributed by atoms with Crippen molar-refractivity contribution in [1.29, 1.82) is 0 Å². The van der Waals surface area contributed by atoms with Crippen LogP contribution < -0.4 is 5.32 Å². The molecule has 17 heavy (non-hydrogen) atoms. The van der Waals surface area contributed by atoms with Gasteiger partial charge in [0.05, 0.1) is 10.7 Å². The molecule has 0 heterocycles. The summed E-state index contributed by atoms with van der Waals surface area (Å²) < 4.78 is 1.19. The molecule has 0 aliphatic heterocycles. The van der Waals surface area contributed by atoms with Gasteiger partial charge in [0.1, 0.15) is 0 Å². The minimum Gasteiger partial charge on any atom is -0.383 e. The molecule has 0 aliphatic carbocycles. The number of hydrogen-bond donors (Lipinski definition) is 1. The van der Waals surface area contributed by atoms with Crippen LogP contribution in [0.4, 0.5) is 5.69 Å². The molecule has 0 unspecified atom stereocenters. The number of halogens is 2. The van der Waals surface area contributed by atoms with Crippen LogP contribution in [-0.2, 0) is 6.42 Å². The monoisotopic (exact) mass is 357 g/mol. The van der Waals surface area contributed by atoms with Gasteiger partial charge in [0.15, 0.2) is 0 Å². The molecule has 2 rings (SSSR count). The minimum atomic E-state index is 0.776. The van der Waals surface area contributed by atoms with Gasteiger partial charge in [-0.15, -0.1) is 0 Å². The fourth-order valence-corrected chi connectivity index (χ4v) is 2.29. The summed E-state index contributed by atoms with van der Waals surface area (Å²) in [6, 6.07) is 16.4. The molecule has 2 aromatic carbocycles. The van der Waals surface area contributed by atoms with Crippen molar-refractivity contribution in [2.75, 3.05) is 11.9 Å². The van der Waals surface area contributed by atoms with Crippen LogP contribution in [0.15, 0.2) is 48.5 Å². The van der Waals surface area contributed by atoms with E-state index in [4.69, 9.17) is 11.6 Å². The molecule has 0 radical (unpaired) electrons. The van der Waals surface area contributed by atoms with Crippen LogP contribution in [0, 0.1) is 3.57 Å². The van der Waals surface area contributed by atoms with Gasteiger partial charge in [0, 0.05) is 10.1 Å². The van der Waals surface area contributed by atoms with Gasteiger partial charge in [-0.05, 0) is 52.8 Å². The van der Waals surface area contributed by atoms with E-state index in [0.717, 1.165) is 23.7 Å². The van der Waals surface area contributed by atoms with Crippen LogP contribution in [0.1, 0.15) is 5.56 Å². The lowest BCUT2D eigenvalue weighted by molar-refractivity contribution is 1.02. The summed E-state index contributed by atoms with van der Waals surface area (Å²) >= 11 is 8.40. The van der Waals surface area contributed by atoms with E-state index < -0.39 is 0 Å². The maximum absolute atomic E-state index is 6.11. The van der Waals surface area contributed by atoms with Gasteiger partial charge in [0.2, 0.25) is 0 Å². The third-order valence-electron chi connectivity index (χ3n) is 2.50. The molecule has 2 aromatic rings. The molecular weight excluding hydrogens is 345 g/mol. The molecule has 1 nitrogen and oxygen atoms in total. The van der Waals surface area contributed by atoms with Crippen molar-refractivity contribution in [3.63, 3.8) is 0 Å². The Hall–Kier alpha value is -0.740. The first-order valence-corrected chi connectivity index (χ1v) is 6.94. The maximum Gasteiger partial charge on any atom is 0.0638 e. The zero-order valence-electron chi connectivity index (χ0n) is 9.29. The van der Waals surface area contributed by atoms with Crippen molar-refractivity contribution < 1.29 is 0 Å². The van der Waals surface area contributed by atoms with E-state index in [1.165, 1.54) is 9.13 Å². The SMILES string of the molecule is Clc1ccc(I)cc1NCCc1ccccc1. The molecule has 0 amide bonds. The largest absolute Gasteiger partial charge is 0.383 e. The lowest BCUT2D eigenvalue weighted by Gasteiger charge is -2.08. The first-order chi connectivity index (χ1) is 8.25. The summed E-state index contributed by atoms with van der Waals surface area (Å²) in [5.74, 6) is 0. The number of hydrogen-bond acceptors (Lipinski definition) is 1. The fourth-order valence-electron chi connectivity index (χ4n) is 1.62. The summed E-state index contributed by atoms with van der Waals surface area (Å²) in [5, 5.41) is 4.14. The van der Waals surface area contributed by atoms with Crippen LogP contribution in [0.2, 0.25) is 5.02 Å². The molecule has 3 heteroatoms. The molecular formula is C14H13ClIN. The Kier molecular flexibility index (Phi) is 4.68. The van der Waals surface area contributed by atoms with Crippen molar-refractivity contribution in [2.45, 2.75) is 6.42 Å². The summed E-state index contributed by atoms with van der Waals surface area (Å²) in [7, 11) is 0. The first-order valence-electron chi connectivity index (χ1n) is 5.48. The van der Waals surface area contributed by atoms with Crippen molar-refractivity contribution in [2.24, 2.45) is 0 Å². The molecule has 0 aliphatic rings. The Morgan fingerprint density at radius 2 is 1.82 bits per heavy atom. The fraction of sp³-hybridized carbons (Fsp3) is 0.143. The van der Waals surface area contributed by atoms with Gasteiger partial charge >= 0.3 is 0 Å². The van der Waals surface area contributed by atoms with Gasteiger partial charge < -0.3 is 5.32 Å². The predicted octanol–water partition coefficient (Wildman–Crippen LogP) is 4.60. The lowest BCUT2D eigenvalue weighted by atomic mass is 10.1. The van der Waals surface area contributed by atoms with E-state index in [-0.39, 0.29) is 0 Å². The van der Waals surface area contributed by atoms with E-state index in [0.29, 0.717) is 0 Å². The van der Waals surface area contributed by atoms with E-state index >= 15 is 0 Å². The molecule has 1 N–H and O–H groups in total. The lowest BCUT2D eigenvalue weighted by Crippen LogP contribution is -2.05. The third kappa shape index (κ3) is 3.89. The van der Waals surface area contributed by atoms with Crippen LogP contribution in [0.5, 0.6) is 0 Å². The van der Waals surface area contributed by atoms with Gasteiger partial charge in [0.25, 0.3) is 0 Å². The van der Waals surface area contributed by atoms with Gasteiger partial charge in [-0.2, -0.15) is 0 Å². The van der Waals surface area contributed by atoms with E-state index in [1.54, 1.807) is 0 Å². The summed E-state index contributed by atoms with van der Waals surface area (Å²) in [6.45, 7) is 0.893. The summed E-state index contributed by atoms with van der Waals surface area (Å²) in [4.78, 5) is 0. The Bertz CT molecular complexity index is 485. The van der Waals surface area contributed by atoms with Crippen molar-refractivity contribution in [3.05, 3.63) is 62.7 Å². The Morgan fingerprint density at radius 1 is 1.06 bits per heavy atom. The highest BCUT2D eigenvalue weighted by Gasteiger charge is 2.00. The molecule has 0 spiro atoms. The van der Waals surface area contributed by atoms with Crippen LogP contribution >= 0.6 is 34.2 Å². The zero-order valence-corrected chi connectivity index (χ0v) is 12.2. The number of rotatable bonds is 4. The Labute approximate surface area is 120 Å². The molecule has 0 fully saturated rings. The molecule has 88 valence electrons. The third-order valence-corrected chi connectivity index (χ3v) is 3.50. The Morgan fingerprint density at radius 3 is 2.59 bits per heavy atom. The summed E-state index contributed by atoms with van der Waals surface area (Å²) in [5.41, 5.74) is 2.34.